The molecule has 1 heterocycles. The van der Waals surface area contributed by atoms with Gasteiger partial charge in [-0.2, -0.15) is 0 Å². The predicted molar refractivity (Wildman–Crippen MR) is 70.5 cm³/mol. The molecule has 0 atom stereocenters. The summed E-state index contributed by atoms with van der Waals surface area (Å²) in [5.74, 6) is -2.49. The minimum absolute atomic E-state index is 0.0109. The molecule has 0 radical (unpaired) electrons. The standard InChI is InChI=1S/C14H22F4N2O/c15-12(16)8-19-13(21)5-10-1-3-20(4-2-10)9-11-6-14(17,18)7-11/h10-12H,1-9H2,(H,19,21). The second-order valence-corrected chi connectivity index (χ2v) is 6.27. The van der Waals surface area contributed by atoms with E-state index in [1.807, 2.05) is 0 Å². The molecule has 21 heavy (non-hydrogen) atoms. The normalized spacial score (nSPS) is 24.0. The molecule has 1 aliphatic carbocycles. The molecular formula is C14H22F4N2O. The van der Waals surface area contributed by atoms with Crippen molar-refractivity contribution >= 4 is 5.91 Å². The van der Waals surface area contributed by atoms with E-state index in [9.17, 15) is 22.4 Å². The molecule has 1 N–H and O–H groups in total. The topological polar surface area (TPSA) is 32.3 Å². The number of piperidine rings is 1. The summed E-state index contributed by atoms with van der Waals surface area (Å²) in [6.07, 6.45) is -0.610. The van der Waals surface area contributed by atoms with Crippen molar-refractivity contribution in [3.8, 4) is 0 Å². The third-order valence-corrected chi connectivity index (χ3v) is 4.33. The van der Waals surface area contributed by atoms with Crippen LogP contribution in [0.5, 0.6) is 0 Å². The monoisotopic (exact) mass is 310 g/mol. The Morgan fingerprint density at radius 2 is 1.81 bits per heavy atom. The summed E-state index contributed by atoms with van der Waals surface area (Å²) in [4.78, 5) is 13.6. The number of likely N-dealkylation sites (tertiary alicyclic amines) is 1. The van der Waals surface area contributed by atoms with Crippen LogP contribution in [0, 0.1) is 11.8 Å². The number of hydrogen-bond acceptors (Lipinski definition) is 2. The van der Waals surface area contributed by atoms with Crippen molar-refractivity contribution in [1.29, 1.82) is 0 Å². The Morgan fingerprint density at radius 1 is 1.19 bits per heavy atom. The summed E-state index contributed by atoms with van der Waals surface area (Å²) in [5, 5.41) is 2.21. The SMILES string of the molecule is O=C(CC1CCN(CC2CC(F)(F)C2)CC1)NCC(F)F. The lowest BCUT2D eigenvalue weighted by molar-refractivity contribution is -0.124. The van der Waals surface area contributed by atoms with E-state index in [1.165, 1.54) is 0 Å². The molecule has 2 rings (SSSR count). The van der Waals surface area contributed by atoms with E-state index in [0.717, 1.165) is 25.9 Å². The molecule has 3 nitrogen and oxygen atoms in total. The quantitative estimate of drug-likeness (QED) is 0.765. The van der Waals surface area contributed by atoms with Gasteiger partial charge in [0.2, 0.25) is 11.8 Å². The molecule has 1 amide bonds. The first-order chi connectivity index (χ1) is 9.84. The number of nitrogens with zero attached hydrogens (tertiary/aromatic N) is 1. The first-order valence-electron chi connectivity index (χ1n) is 7.49. The fourth-order valence-electron chi connectivity index (χ4n) is 3.18. The molecule has 1 aliphatic heterocycles. The van der Waals surface area contributed by atoms with Crippen LogP contribution < -0.4 is 5.32 Å². The number of nitrogens with one attached hydrogen (secondary N) is 1. The Labute approximate surface area is 122 Å². The van der Waals surface area contributed by atoms with Gasteiger partial charge < -0.3 is 10.2 Å². The van der Waals surface area contributed by atoms with Gasteiger partial charge in [-0.1, -0.05) is 0 Å². The lowest BCUT2D eigenvalue weighted by Crippen LogP contribution is -2.45. The van der Waals surface area contributed by atoms with Crippen molar-refractivity contribution < 1.29 is 22.4 Å². The van der Waals surface area contributed by atoms with E-state index >= 15 is 0 Å². The molecule has 0 aromatic heterocycles. The lowest BCUT2D eigenvalue weighted by atomic mass is 9.80. The molecule has 0 bridgehead atoms. The van der Waals surface area contributed by atoms with Crippen molar-refractivity contribution in [2.24, 2.45) is 11.8 Å². The molecule has 2 fully saturated rings. The fraction of sp³-hybridized carbons (Fsp3) is 0.929. The van der Waals surface area contributed by atoms with Gasteiger partial charge in [0.15, 0.2) is 0 Å². The van der Waals surface area contributed by atoms with Gasteiger partial charge in [0.05, 0.1) is 6.54 Å². The van der Waals surface area contributed by atoms with Gasteiger partial charge in [0.1, 0.15) is 0 Å². The highest BCUT2D eigenvalue weighted by molar-refractivity contribution is 5.76. The zero-order valence-corrected chi connectivity index (χ0v) is 12.0. The average molecular weight is 310 g/mol. The summed E-state index contributed by atoms with van der Waals surface area (Å²) in [6.45, 7) is 1.72. The zero-order valence-electron chi connectivity index (χ0n) is 12.0. The van der Waals surface area contributed by atoms with Gasteiger partial charge in [-0.15, -0.1) is 0 Å². The first kappa shape index (κ1) is 16.5. The van der Waals surface area contributed by atoms with Crippen LogP contribution in [-0.4, -0.2) is 49.3 Å². The molecule has 0 spiro atoms. The molecule has 0 aromatic rings. The Balaban J connectivity index is 1.59. The Hall–Kier alpha value is -0.850. The molecular weight excluding hydrogens is 288 g/mol. The highest BCUT2D eigenvalue weighted by Crippen LogP contribution is 2.42. The number of amides is 1. The summed E-state index contributed by atoms with van der Waals surface area (Å²) < 4.78 is 49.5. The van der Waals surface area contributed by atoms with Crippen molar-refractivity contribution in [1.82, 2.24) is 10.2 Å². The van der Waals surface area contributed by atoms with Crippen molar-refractivity contribution in [3.05, 3.63) is 0 Å². The number of halogens is 4. The Morgan fingerprint density at radius 3 is 2.33 bits per heavy atom. The van der Waals surface area contributed by atoms with Gasteiger partial charge in [-0.25, -0.2) is 17.6 Å². The van der Waals surface area contributed by atoms with Crippen LogP contribution in [0.1, 0.15) is 32.1 Å². The third kappa shape index (κ3) is 5.45. The fourth-order valence-corrected chi connectivity index (χ4v) is 3.18. The molecule has 0 unspecified atom stereocenters. The minimum atomic E-state index is -2.52. The summed E-state index contributed by atoms with van der Waals surface area (Å²) in [5.41, 5.74) is 0. The highest BCUT2D eigenvalue weighted by Gasteiger charge is 2.45. The predicted octanol–water partition coefficient (Wildman–Crippen LogP) is 2.52. The van der Waals surface area contributed by atoms with Crippen molar-refractivity contribution in [2.45, 2.75) is 44.5 Å². The van der Waals surface area contributed by atoms with Crippen molar-refractivity contribution in [3.63, 3.8) is 0 Å². The third-order valence-electron chi connectivity index (χ3n) is 4.33. The maximum absolute atomic E-state index is 12.8. The first-order valence-corrected chi connectivity index (χ1v) is 7.49. The Bertz CT molecular complexity index is 349. The molecule has 7 heteroatoms. The number of alkyl halides is 4. The van der Waals surface area contributed by atoms with Crippen LogP contribution in [0.15, 0.2) is 0 Å². The second-order valence-electron chi connectivity index (χ2n) is 6.27. The second kappa shape index (κ2) is 6.94. The van der Waals surface area contributed by atoms with Crippen LogP contribution in [0.4, 0.5) is 17.6 Å². The van der Waals surface area contributed by atoms with E-state index in [4.69, 9.17) is 0 Å². The number of carbonyl (C=O) groups excluding carboxylic acids is 1. The van der Waals surface area contributed by atoms with Crippen LogP contribution in [0.3, 0.4) is 0 Å². The summed E-state index contributed by atoms with van der Waals surface area (Å²) in [7, 11) is 0. The zero-order chi connectivity index (χ0) is 15.5. The minimum Gasteiger partial charge on any atom is -0.350 e. The maximum Gasteiger partial charge on any atom is 0.255 e. The van der Waals surface area contributed by atoms with Gasteiger partial charge in [-0.3, -0.25) is 4.79 Å². The molecule has 1 saturated carbocycles. The van der Waals surface area contributed by atoms with Crippen LogP contribution in [0.25, 0.3) is 0 Å². The van der Waals surface area contributed by atoms with Crippen LogP contribution >= 0.6 is 0 Å². The molecule has 0 aromatic carbocycles. The van der Waals surface area contributed by atoms with Gasteiger partial charge in [-0.05, 0) is 37.8 Å². The molecule has 1 saturated heterocycles. The highest BCUT2D eigenvalue weighted by atomic mass is 19.3. The number of rotatable bonds is 6. The Kier molecular flexibility index (Phi) is 5.46. The van der Waals surface area contributed by atoms with Gasteiger partial charge >= 0.3 is 0 Å². The number of hydrogen-bond donors (Lipinski definition) is 1. The lowest BCUT2D eigenvalue weighted by Gasteiger charge is -2.40. The average Bonchev–Trinajstić information content (AvgIpc) is 2.36. The van der Waals surface area contributed by atoms with Gasteiger partial charge in [0.25, 0.3) is 6.43 Å². The largest absolute Gasteiger partial charge is 0.350 e. The smallest absolute Gasteiger partial charge is 0.255 e. The van der Waals surface area contributed by atoms with Crippen molar-refractivity contribution in [2.75, 3.05) is 26.2 Å². The summed E-state index contributed by atoms with van der Waals surface area (Å²) in [6, 6.07) is 0. The van der Waals surface area contributed by atoms with Crippen LogP contribution in [-0.2, 0) is 4.79 Å². The van der Waals surface area contributed by atoms with Gasteiger partial charge in [0, 0.05) is 25.8 Å². The molecule has 122 valence electrons. The number of carbonyl (C=O) groups is 1. The van der Waals surface area contributed by atoms with E-state index in [1.54, 1.807) is 0 Å². The summed E-state index contributed by atoms with van der Waals surface area (Å²) >= 11 is 0. The molecule has 2 aliphatic rings. The van der Waals surface area contributed by atoms with E-state index < -0.39 is 18.9 Å². The van der Waals surface area contributed by atoms with E-state index in [-0.39, 0.29) is 37.0 Å². The van der Waals surface area contributed by atoms with E-state index in [2.05, 4.69) is 10.2 Å². The van der Waals surface area contributed by atoms with E-state index in [0.29, 0.717) is 6.54 Å². The maximum atomic E-state index is 12.8. The van der Waals surface area contributed by atoms with Crippen LogP contribution in [0.2, 0.25) is 0 Å².